The summed E-state index contributed by atoms with van der Waals surface area (Å²) in [5.41, 5.74) is 1.04. The normalized spacial score (nSPS) is 26.1. The molecule has 1 N–H and O–H groups in total. The van der Waals surface area contributed by atoms with Gasteiger partial charge in [0.05, 0.1) is 5.02 Å². The van der Waals surface area contributed by atoms with Gasteiger partial charge in [-0.25, -0.2) is 4.98 Å². The largest absolute Gasteiger partial charge is 0.474 e. The van der Waals surface area contributed by atoms with Crippen LogP contribution in [0.1, 0.15) is 45.6 Å². The van der Waals surface area contributed by atoms with Gasteiger partial charge >= 0.3 is 0 Å². The minimum absolute atomic E-state index is 0.268. The average molecular weight is 311 g/mol. The fourth-order valence-corrected chi connectivity index (χ4v) is 3.42. The van der Waals surface area contributed by atoms with Gasteiger partial charge in [0, 0.05) is 18.8 Å². The van der Waals surface area contributed by atoms with E-state index in [1.165, 1.54) is 12.8 Å². The smallest absolute Gasteiger partial charge is 0.213 e. The summed E-state index contributed by atoms with van der Waals surface area (Å²) >= 11 is 6.16. The van der Waals surface area contributed by atoms with Crippen molar-refractivity contribution in [3.05, 3.63) is 22.8 Å². The molecule has 0 radical (unpaired) electrons. The molecule has 21 heavy (non-hydrogen) atoms. The summed E-state index contributed by atoms with van der Waals surface area (Å²) in [5.74, 6) is 2.70. The molecule has 1 fully saturated rings. The van der Waals surface area contributed by atoms with Crippen LogP contribution in [0.25, 0.3) is 0 Å². The first kappa shape index (κ1) is 16.6. The second-order valence-corrected chi connectivity index (χ2v) is 7.03. The van der Waals surface area contributed by atoms with Gasteiger partial charge in [0.2, 0.25) is 5.88 Å². The summed E-state index contributed by atoms with van der Waals surface area (Å²) in [5, 5.41) is 3.81. The van der Waals surface area contributed by atoms with E-state index in [1.54, 1.807) is 6.20 Å². The van der Waals surface area contributed by atoms with Crippen molar-refractivity contribution in [2.75, 3.05) is 7.05 Å². The highest BCUT2D eigenvalue weighted by atomic mass is 35.5. The molecule has 1 saturated carbocycles. The number of aromatic nitrogens is 1. The number of hydrogen-bond acceptors (Lipinski definition) is 3. The Morgan fingerprint density at radius 2 is 2.19 bits per heavy atom. The average Bonchev–Trinajstić information content (AvgIpc) is 2.42. The van der Waals surface area contributed by atoms with E-state index in [0.29, 0.717) is 22.7 Å². The number of ether oxygens (including phenoxy) is 1. The second kappa shape index (κ2) is 7.46. The molecule has 1 heterocycles. The van der Waals surface area contributed by atoms with Gasteiger partial charge in [0.25, 0.3) is 0 Å². The molecule has 0 aromatic carbocycles. The summed E-state index contributed by atoms with van der Waals surface area (Å²) in [6, 6.07) is 1.97. The first-order valence-corrected chi connectivity index (χ1v) is 8.34. The lowest BCUT2D eigenvalue weighted by atomic mass is 9.75. The van der Waals surface area contributed by atoms with Crippen LogP contribution in [-0.4, -0.2) is 18.1 Å². The fraction of sp³-hybridized carbons (Fsp3) is 0.706. The quantitative estimate of drug-likeness (QED) is 0.880. The maximum atomic E-state index is 6.24. The summed E-state index contributed by atoms with van der Waals surface area (Å²) < 4.78 is 6.24. The van der Waals surface area contributed by atoms with Gasteiger partial charge < -0.3 is 10.1 Å². The lowest BCUT2D eigenvalue weighted by molar-refractivity contribution is 0.0426. The number of nitrogens with one attached hydrogen (secondary N) is 1. The molecular formula is C17H27ClN2O. The van der Waals surface area contributed by atoms with Crippen LogP contribution in [-0.2, 0) is 6.54 Å². The molecule has 2 rings (SSSR count). The van der Waals surface area contributed by atoms with Crippen LogP contribution < -0.4 is 10.1 Å². The van der Waals surface area contributed by atoms with Gasteiger partial charge in [-0.3, -0.25) is 0 Å². The van der Waals surface area contributed by atoms with Crippen LogP contribution in [0.3, 0.4) is 0 Å². The number of nitrogens with zero attached hydrogens (tertiary/aromatic N) is 1. The fourth-order valence-electron chi connectivity index (χ4n) is 3.25. The third-order valence-corrected chi connectivity index (χ3v) is 4.85. The van der Waals surface area contributed by atoms with Crippen LogP contribution in [0.15, 0.2) is 12.3 Å². The lowest BCUT2D eigenvalue weighted by Gasteiger charge is -2.37. The predicted molar refractivity (Wildman–Crippen MR) is 87.8 cm³/mol. The molecule has 118 valence electrons. The van der Waals surface area contributed by atoms with Crippen molar-refractivity contribution >= 4 is 11.6 Å². The zero-order chi connectivity index (χ0) is 15.4. The third-order valence-electron chi connectivity index (χ3n) is 4.51. The topological polar surface area (TPSA) is 34.1 Å². The number of rotatable bonds is 5. The Morgan fingerprint density at radius 1 is 1.43 bits per heavy atom. The minimum Gasteiger partial charge on any atom is -0.474 e. The molecule has 3 nitrogen and oxygen atoms in total. The lowest BCUT2D eigenvalue weighted by Crippen LogP contribution is -2.36. The molecule has 0 aliphatic heterocycles. The molecule has 0 spiro atoms. The van der Waals surface area contributed by atoms with E-state index in [1.807, 2.05) is 13.1 Å². The van der Waals surface area contributed by atoms with Crippen molar-refractivity contribution in [1.82, 2.24) is 10.3 Å². The van der Waals surface area contributed by atoms with Crippen LogP contribution in [0.4, 0.5) is 0 Å². The Hall–Kier alpha value is -0.800. The van der Waals surface area contributed by atoms with E-state index in [0.717, 1.165) is 24.4 Å². The maximum Gasteiger partial charge on any atom is 0.213 e. The van der Waals surface area contributed by atoms with Gasteiger partial charge in [-0.2, -0.15) is 0 Å². The summed E-state index contributed by atoms with van der Waals surface area (Å²) in [6.07, 6.45) is 5.64. The summed E-state index contributed by atoms with van der Waals surface area (Å²) in [4.78, 5) is 4.35. The van der Waals surface area contributed by atoms with E-state index in [2.05, 4.69) is 31.1 Å². The van der Waals surface area contributed by atoms with Crippen LogP contribution >= 0.6 is 11.6 Å². The van der Waals surface area contributed by atoms with E-state index >= 15 is 0 Å². The monoisotopic (exact) mass is 310 g/mol. The van der Waals surface area contributed by atoms with Crippen molar-refractivity contribution in [1.29, 1.82) is 0 Å². The van der Waals surface area contributed by atoms with Gasteiger partial charge in [0.1, 0.15) is 6.10 Å². The second-order valence-electron chi connectivity index (χ2n) is 6.63. The molecule has 3 unspecified atom stereocenters. The van der Waals surface area contributed by atoms with Gasteiger partial charge in [-0.05, 0) is 43.2 Å². The van der Waals surface area contributed by atoms with Crippen LogP contribution in [0.5, 0.6) is 5.88 Å². The standard InChI is InChI=1S/C17H27ClN2O/c1-11(2)14-6-5-12(3)7-16(14)21-17-8-13(9-19-4)15(18)10-20-17/h8,10-12,14,16,19H,5-7,9H2,1-4H3. The van der Waals surface area contributed by atoms with Gasteiger partial charge in [0.15, 0.2) is 0 Å². The minimum atomic E-state index is 0.268. The number of pyridine rings is 1. The van der Waals surface area contributed by atoms with E-state index < -0.39 is 0 Å². The first-order chi connectivity index (χ1) is 10.0. The zero-order valence-electron chi connectivity index (χ0n) is 13.5. The van der Waals surface area contributed by atoms with Gasteiger partial charge in [-0.1, -0.05) is 38.8 Å². The highest BCUT2D eigenvalue weighted by Crippen LogP contribution is 2.36. The molecule has 0 amide bonds. The number of hydrogen-bond donors (Lipinski definition) is 1. The van der Waals surface area contributed by atoms with Crippen LogP contribution in [0.2, 0.25) is 5.02 Å². The Morgan fingerprint density at radius 3 is 2.86 bits per heavy atom. The molecular weight excluding hydrogens is 284 g/mol. The molecule has 4 heteroatoms. The molecule has 1 aliphatic rings. The van der Waals surface area contributed by atoms with Crippen molar-refractivity contribution in [3.8, 4) is 5.88 Å². The summed E-state index contributed by atoms with van der Waals surface area (Å²) in [6.45, 7) is 7.62. The van der Waals surface area contributed by atoms with E-state index in [-0.39, 0.29) is 6.10 Å². The third kappa shape index (κ3) is 4.33. The zero-order valence-corrected chi connectivity index (χ0v) is 14.3. The predicted octanol–water partition coefficient (Wildman–Crippen LogP) is 4.29. The molecule has 3 atom stereocenters. The van der Waals surface area contributed by atoms with Crippen molar-refractivity contribution in [3.63, 3.8) is 0 Å². The Kier molecular flexibility index (Phi) is 5.88. The molecule has 1 aromatic heterocycles. The highest BCUT2D eigenvalue weighted by molar-refractivity contribution is 6.31. The van der Waals surface area contributed by atoms with Crippen LogP contribution in [0, 0.1) is 17.8 Å². The van der Waals surface area contributed by atoms with E-state index in [9.17, 15) is 0 Å². The maximum absolute atomic E-state index is 6.24. The Balaban J connectivity index is 2.12. The number of halogens is 1. The van der Waals surface area contributed by atoms with E-state index in [4.69, 9.17) is 16.3 Å². The summed E-state index contributed by atoms with van der Waals surface area (Å²) in [7, 11) is 1.91. The SMILES string of the molecule is CNCc1cc(OC2CC(C)CCC2C(C)C)ncc1Cl. The molecule has 1 aromatic rings. The first-order valence-electron chi connectivity index (χ1n) is 7.97. The van der Waals surface area contributed by atoms with Gasteiger partial charge in [-0.15, -0.1) is 0 Å². The molecule has 1 aliphatic carbocycles. The molecule has 0 bridgehead atoms. The Bertz CT molecular complexity index is 464. The van der Waals surface area contributed by atoms with Crippen molar-refractivity contribution in [2.45, 2.75) is 52.7 Å². The van der Waals surface area contributed by atoms with Crippen molar-refractivity contribution in [2.24, 2.45) is 17.8 Å². The molecule has 0 saturated heterocycles. The van der Waals surface area contributed by atoms with Crippen molar-refractivity contribution < 1.29 is 4.74 Å². The Labute approximate surface area is 133 Å². The highest BCUT2D eigenvalue weighted by Gasteiger charge is 2.32.